The van der Waals surface area contributed by atoms with Crippen LogP contribution in [0.4, 0.5) is 17.1 Å². The Morgan fingerprint density at radius 2 is 1.00 bits per heavy atom. The first-order valence-corrected chi connectivity index (χ1v) is 11.6. The fraction of sp³-hybridized carbons (Fsp3) is 0.200. The number of ether oxygens (including phenoxy) is 1. The highest BCUT2D eigenvalue weighted by Gasteiger charge is 2.24. The zero-order chi connectivity index (χ0) is 25.4. The summed E-state index contributed by atoms with van der Waals surface area (Å²) in [4.78, 5) is 1.90. The van der Waals surface area contributed by atoms with Crippen LogP contribution in [0.2, 0.25) is 0 Å². The highest BCUT2D eigenvalue weighted by Crippen LogP contribution is 2.48. The van der Waals surface area contributed by atoms with Gasteiger partial charge < -0.3 is 25.0 Å². The Bertz CT molecular complexity index is 1350. The third-order valence-corrected chi connectivity index (χ3v) is 6.84. The minimum atomic E-state index is 0.129. The van der Waals surface area contributed by atoms with Crippen LogP contribution in [0.5, 0.6) is 28.7 Å². The second-order valence-electron chi connectivity index (χ2n) is 9.01. The average molecular weight is 470 g/mol. The summed E-state index contributed by atoms with van der Waals surface area (Å²) in [6.45, 7) is 11.7. The molecular formula is C30H31NO4. The number of phenolic OH excluding ortho intramolecular Hbond substituents is 3. The van der Waals surface area contributed by atoms with E-state index in [0.717, 1.165) is 39.1 Å². The van der Waals surface area contributed by atoms with Crippen LogP contribution in [0, 0.1) is 41.5 Å². The van der Waals surface area contributed by atoms with Gasteiger partial charge >= 0.3 is 0 Å². The number of benzene rings is 4. The number of phenols is 3. The largest absolute Gasteiger partial charge is 0.508 e. The summed E-state index contributed by atoms with van der Waals surface area (Å²) in [5.74, 6) is 1.80. The maximum absolute atomic E-state index is 10.9. The minimum absolute atomic E-state index is 0.129. The van der Waals surface area contributed by atoms with Crippen LogP contribution in [0.3, 0.4) is 0 Å². The number of hydrogen-bond acceptors (Lipinski definition) is 5. The summed E-state index contributed by atoms with van der Waals surface area (Å²) in [6.07, 6.45) is 0. The fourth-order valence-electron chi connectivity index (χ4n) is 4.19. The summed E-state index contributed by atoms with van der Waals surface area (Å²) >= 11 is 0. The van der Waals surface area contributed by atoms with Gasteiger partial charge in [0.1, 0.15) is 28.7 Å². The second kappa shape index (κ2) is 9.26. The maximum Gasteiger partial charge on any atom is 0.139 e. The Hall–Kier alpha value is -4.12. The molecule has 0 fully saturated rings. The zero-order valence-electron chi connectivity index (χ0n) is 21.0. The lowest BCUT2D eigenvalue weighted by Gasteiger charge is -2.30. The topological polar surface area (TPSA) is 73.2 Å². The van der Waals surface area contributed by atoms with Crippen molar-refractivity contribution in [1.29, 1.82) is 0 Å². The highest BCUT2D eigenvalue weighted by molar-refractivity contribution is 5.87. The molecule has 5 heteroatoms. The van der Waals surface area contributed by atoms with Crippen molar-refractivity contribution in [2.24, 2.45) is 0 Å². The molecule has 0 saturated carbocycles. The van der Waals surface area contributed by atoms with Crippen molar-refractivity contribution in [1.82, 2.24) is 0 Å². The lowest BCUT2D eigenvalue weighted by Crippen LogP contribution is -2.14. The maximum atomic E-state index is 10.9. The van der Waals surface area contributed by atoms with Gasteiger partial charge in [-0.25, -0.2) is 0 Å². The predicted molar refractivity (Wildman–Crippen MR) is 141 cm³/mol. The zero-order valence-corrected chi connectivity index (χ0v) is 21.0. The van der Waals surface area contributed by atoms with E-state index in [-0.39, 0.29) is 17.2 Å². The first-order valence-electron chi connectivity index (χ1n) is 11.6. The van der Waals surface area contributed by atoms with Gasteiger partial charge in [0.25, 0.3) is 0 Å². The molecule has 4 aromatic rings. The van der Waals surface area contributed by atoms with Gasteiger partial charge in [0.15, 0.2) is 0 Å². The Morgan fingerprint density at radius 1 is 0.514 bits per heavy atom. The van der Waals surface area contributed by atoms with Gasteiger partial charge in [-0.15, -0.1) is 0 Å². The molecule has 0 unspecified atom stereocenters. The quantitative estimate of drug-likeness (QED) is 0.277. The molecule has 0 saturated heterocycles. The van der Waals surface area contributed by atoms with E-state index < -0.39 is 0 Å². The van der Waals surface area contributed by atoms with Crippen molar-refractivity contribution < 1.29 is 20.1 Å². The Balaban J connectivity index is 1.84. The summed E-state index contributed by atoms with van der Waals surface area (Å²) in [7, 11) is 0. The molecule has 0 atom stereocenters. The van der Waals surface area contributed by atoms with Gasteiger partial charge in [-0.2, -0.15) is 0 Å². The van der Waals surface area contributed by atoms with Crippen molar-refractivity contribution in [2.45, 2.75) is 41.5 Å². The Morgan fingerprint density at radius 3 is 1.51 bits per heavy atom. The third kappa shape index (κ3) is 4.37. The lowest BCUT2D eigenvalue weighted by atomic mass is 10.0. The van der Waals surface area contributed by atoms with E-state index in [0.29, 0.717) is 22.9 Å². The molecule has 0 radical (unpaired) electrons. The van der Waals surface area contributed by atoms with Crippen LogP contribution in [-0.4, -0.2) is 15.3 Å². The normalized spacial score (nSPS) is 10.9. The molecule has 3 N–H and O–H groups in total. The van der Waals surface area contributed by atoms with Crippen molar-refractivity contribution in [2.75, 3.05) is 4.90 Å². The smallest absolute Gasteiger partial charge is 0.139 e. The SMILES string of the molecule is Cc1ccc(O)c(N(c2ccc(Oc3ccc(O)c(C)c3C)cc2)c2c(O)ccc(C)c2C)c1C. The first-order chi connectivity index (χ1) is 16.6. The molecule has 0 bridgehead atoms. The van der Waals surface area contributed by atoms with Crippen LogP contribution in [0.15, 0.2) is 60.7 Å². The molecule has 4 aromatic carbocycles. The molecular weight excluding hydrogens is 438 g/mol. The van der Waals surface area contributed by atoms with Gasteiger partial charge in [0, 0.05) is 5.69 Å². The Labute approximate surface area is 206 Å². The van der Waals surface area contributed by atoms with Gasteiger partial charge in [-0.1, -0.05) is 12.1 Å². The van der Waals surface area contributed by atoms with Gasteiger partial charge in [-0.3, -0.25) is 0 Å². The molecule has 5 nitrogen and oxygen atoms in total. The molecule has 4 rings (SSSR count). The Kier molecular flexibility index (Phi) is 6.35. The van der Waals surface area contributed by atoms with Crippen molar-refractivity contribution in [3.63, 3.8) is 0 Å². The highest BCUT2D eigenvalue weighted by atomic mass is 16.5. The molecule has 0 amide bonds. The molecule has 0 aliphatic heterocycles. The number of aryl methyl sites for hydroxylation is 2. The predicted octanol–water partition coefficient (Wildman–Crippen LogP) is 7.92. The number of anilines is 3. The summed E-state index contributed by atoms with van der Waals surface area (Å²) in [6, 6.07) is 18.0. The summed E-state index contributed by atoms with van der Waals surface area (Å²) in [5, 5.41) is 31.8. The van der Waals surface area contributed by atoms with Gasteiger partial charge in [0.2, 0.25) is 0 Å². The molecule has 0 heterocycles. The number of rotatable bonds is 5. The second-order valence-corrected chi connectivity index (χ2v) is 9.01. The lowest BCUT2D eigenvalue weighted by molar-refractivity contribution is 0.457. The van der Waals surface area contributed by atoms with E-state index >= 15 is 0 Å². The van der Waals surface area contributed by atoms with Crippen molar-refractivity contribution in [3.8, 4) is 28.7 Å². The van der Waals surface area contributed by atoms with E-state index in [1.54, 1.807) is 24.3 Å². The monoisotopic (exact) mass is 469 g/mol. The van der Waals surface area contributed by atoms with Crippen molar-refractivity contribution >= 4 is 17.1 Å². The molecule has 0 aromatic heterocycles. The minimum Gasteiger partial charge on any atom is -0.508 e. The van der Waals surface area contributed by atoms with Crippen LogP contribution in [0.25, 0.3) is 0 Å². The number of hydrogen-bond donors (Lipinski definition) is 3. The average Bonchev–Trinajstić information content (AvgIpc) is 2.84. The van der Waals surface area contributed by atoms with Crippen molar-refractivity contribution in [3.05, 3.63) is 94.0 Å². The molecule has 0 aliphatic carbocycles. The third-order valence-electron chi connectivity index (χ3n) is 6.84. The van der Waals surface area contributed by atoms with E-state index in [1.807, 2.05) is 82.8 Å². The molecule has 35 heavy (non-hydrogen) atoms. The summed E-state index contributed by atoms with van der Waals surface area (Å²) < 4.78 is 6.10. The van der Waals surface area contributed by atoms with Gasteiger partial charge in [0.05, 0.1) is 11.4 Å². The van der Waals surface area contributed by atoms with E-state index in [1.165, 1.54) is 0 Å². The van der Waals surface area contributed by atoms with Crippen LogP contribution in [-0.2, 0) is 0 Å². The van der Waals surface area contributed by atoms with E-state index in [2.05, 4.69) is 0 Å². The van der Waals surface area contributed by atoms with E-state index in [9.17, 15) is 15.3 Å². The molecule has 0 aliphatic rings. The van der Waals surface area contributed by atoms with Crippen LogP contribution >= 0.6 is 0 Å². The first kappa shape index (κ1) is 24.0. The van der Waals surface area contributed by atoms with E-state index in [4.69, 9.17) is 4.74 Å². The molecule has 0 spiro atoms. The molecule has 180 valence electrons. The van der Waals surface area contributed by atoms with Crippen LogP contribution < -0.4 is 9.64 Å². The summed E-state index contributed by atoms with van der Waals surface area (Å²) in [5.41, 5.74) is 7.56. The van der Waals surface area contributed by atoms with Crippen LogP contribution in [0.1, 0.15) is 33.4 Å². The fourth-order valence-corrected chi connectivity index (χ4v) is 4.19. The van der Waals surface area contributed by atoms with Gasteiger partial charge in [-0.05, 0) is 123 Å². The number of nitrogens with zero attached hydrogens (tertiary/aromatic N) is 1. The number of aromatic hydroxyl groups is 3. The standard InChI is InChI=1S/C30H31NO4/c1-17-7-13-26(33)29(19(17)3)31(30-20(4)18(2)8-14-27(30)34)23-9-11-24(12-10-23)35-28-16-15-25(32)21(5)22(28)6/h7-16,32-34H,1-6H3.